The molecule has 1 saturated heterocycles. The fraction of sp³-hybridized carbons (Fsp3) is 0.909. The third kappa shape index (κ3) is 1.44. The Morgan fingerprint density at radius 1 is 1.50 bits per heavy atom. The number of carbonyl (C=O) groups excluding carboxylic acids is 1. The van der Waals surface area contributed by atoms with Crippen LogP contribution in [-0.4, -0.2) is 25.3 Å². The number of fused-ring (bicyclic) bond motifs is 1. The highest BCUT2D eigenvalue weighted by molar-refractivity contribution is 5.78. The van der Waals surface area contributed by atoms with Crippen LogP contribution >= 0.6 is 0 Å². The molecule has 0 radical (unpaired) electrons. The van der Waals surface area contributed by atoms with Crippen molar-refractivity contribution >= 4 is 5.97 Å². The van der Waals surface area contributed by atoms with Crippen LogP contribution in [0.4, 0.5) is 0 Å². The molecule has 2 aliphatic rings. The maximum atomic E-state index is 11.9. The summed E-state index contributed by atoms with van der Waals surface area (Å²) in [7, 11) is 0. The molecule has 0 aromatic rings. The summed E-state index contributed by atoms with van der Waals surface area (Å²) < 4.78 is 10.8. The van der Waals surface area contributed by atoms with E-state index in [4.69, 9.17) is 9.47 Å². The first-order valence-corrected chi connectivity index (χ1v) is 5.58. The van der Waals surface area contributed by atoms with Crippen molar-refractivity contribution in [2.45, 2.75) is 45.1 Å². The number of ether oxygens (including phenoxy) is 2. The van der Waals surface area contributed by atoms with Crippen LogP contribution in [0.1, 0.15) is 39.0 Å². The first kappa shape index (κ1) is 9.97. The molecule has 14 heavy (non-hydrogen) atoms. The van der Waals surface area contributed by atoms with Crippen molar-refractivity contribution < 1.29 is 14.3 Å². The molecule has 1 aliphatic heterocycles. The second-order valence-electron chi connectivity index (χ2n) is 4.23. The lowest BCUT2D eigenvalue weighted by atomic mass is 9.71. The van der Waals surface area contributed by atoms with E-state index in [-0.39, 0.29) is 17.5 Å². The molecule has 1 saturated carbocycles. The van der Waals surface area contributed by atoms with E-state index in [0.717, 1.165) is 32.3 Å². The molecular weight excluding hydrogens is 180 g/mol. The molecular formula is C11H18O3. The number of rotatable bonds is 2. The summed E-state index contributed by atoms with van der Waals surface area (Å²) in [6, 6.07) is 0. The van der Waals surface area contributed by atoms with Gasteiger partial charge >= 0.3 is 5.97 Å². The van der Waals surface area contributed by atoms with Crippen molar-refractivity contribution in [3.63, 3.8) is 0 Å². The quantitative estimate of drug-likeness (QED) is 0.636. The summed E-state index contributed by atoms with van der Waals surface area (Å²) in [5.41, 5.74) is -0.283. The molecule has 2 rings (SSSR count). The van der Waals surface area contributed by atoms with E-state index in [2.05, 4.69) is 0 Å². The molecule has 0 N–H and O–H groups in total. The second kappa shape index (κ2) is 3.89. The van der Waals surface area contributed by atoms with E-state index >= 15 is 0 Å². The standard InChI is InChI=1S/C11H18O3/c1-2-13-10(12)11-6-4-3-5-9(11)14-8-7-11/h9H,2-8H2,1H3/t9-,11-/m1/s1. The van der Waals surface area contributed by atoms with Crippen molar-refractivity contribution in [1.82, 2.24) is 0 Å². The summed E-state index contributed by atoms with van der Waals surface area (Å²) in [5, 5.41) is 0. The van der Waals surface area contributed by atoms with Crippen LogP contribution in [0.15, 0.2) is 0 Å². The average molecular weight is 198 g/mol. The molecule has 0 amide bonds. The summed E-state index contributed by atoms with van der Waals surface area (Å²) >= 11 is 0. The number of carbonyl (C=O) groups is 1. The van der Waals surface area contributed by atoms with Crippen LogP contribution in [0.25, 0.3) is 0 Å². The van der Waals surface area contributed by atoms with Gasteiger partial charge in [-0.3, -0.25) is 4.79 Å². The van der Waals surface area contributed by atoms with Gasteiger partial charge < -0.3 is 9.47 Å². The van der Waals surface area contributed by atoms with Crippen LogP contribution in [-0.2, 0) is 14.3 Å². The fourth-order valence-corrected chi connectivity index (χ4v) is 2.73. The lowest BCUT2D eigenvalue weighted by molar-refractivity contribution is -0.161. The third-order valence-electron chi connectivity index (χ3n) is 3.50. The van der Waals surface area contributed by atoms with Gasteiger partial charge in [-0.25, -0.2) is 0 Å². The maximum absolute atomic E-state index is 11.9. The lowest BCUT2D eigenvalue weighted by Gasteiger charge is -2.35. The largest absolute Gasteiger partial charge is 0.465 e. The van der Waals surface area contributed by atoms with Gasteiger partial charge in [0.2, 0.25) is 0 Å². The molecule has 3 nitrogen and oxygen atoms in total. The Balaban J connectivity index is 2.13. The van der Waals surface area contributed by atoms with Crippen molar-refractivity contribution in [2.24, 2.45) is 5.41 Å². The van der Waals surface area contributed by atoms with Crippen molar-refractivity contribution in [2.75, 3.05) is 13.2 Å². The molecule has 0 spiro atoms. The minimum absolute atomic E-state index is 0.0257. The highest BCUT2D eigenvalue weighted by Crippen LogP contribution is 2.46. The maximum Gasteiger partial charge on any atom is 0.314 e. The topological polar surface area (TPSA) is 35.5 Å². The van der Waals surface area contributed by atoms with Crippen molar-refractivity contribution in [3.8, 4) is 0 Å². The molecule has 1 heterocycles. The zero-order chi connectivity index (χ0) is 10.0. The normalized spacial score (nSPS) is 36.5. The van der Waals surface area contributed by atoms with Crippen LogP contribution in [0.2, 0.25) is 0 Å². The zero-order valence-corrected chi connectivity index (χ0v) is 8.75. The van der Waals surface area contributed by atoms with Crippen LogP contribution in [0.5, 0.6) is 0 Å². The molecule has 0 aromatic carbocycles. The van der Waals surface area contributed by atoms with Crippen molar-refractivity contribution in [3.05, 3.63) is 0 Å². The van der Waals surface area contributed by atoms with Gasteiger partial charge in [0, 0.05) is 6.61 Å². The summed E-state index contributed by atoms with van der Waals surface area (Å²) in [6.45, 7) is 3.07. The molecule has 0 bridgehead atoms. The summed E-state index contributed by atoms with van der Waals surface area (Å²) in [6.07, 6.45) is 5.30. The molecule has 1 aliphatic carbocycles. The molecule has 2 atom stereocenters. The van der Waals surface area contributed by atoms with Gasteiger partial charge in [0.1, 0.15) is 0 Å². The van der Waals surface area contributed by atoms with Gasteiger partial charge in [0.25, 0.3) is 0 Å². The SMILES string of the molecule is CCOC(=O)[C@@]12CCCC[C@H]1OCC2. The highest BCUT2D eigenvalue weighted by Gasteiger charge is 2.52. The number of hydrogen-bond acceptors (Lipinski definition) is 3. The first-order chi connectivity index (χ1) is 6.79. The molecule has 80 valence electrons. The minimum Gasteiger partial charge on any atom is -0.465 e. The Kier molecular flexibility index (Phi) is 2.77. The monoisotopic (exact) mass is 198 g/mol. The summed E-state index contributed by atoms with van der Waals surface area (Å²) in [4.78, 5) is 11.9. The van der Waals surface area contributed by atoms with E-state index in [1.807, 2.05) is 6.92 Å². The van der Waals surface area contributed by atoms with Gasteiger partial charge in [-0.15, -0.1) is 0 Å². The van der Waals surface area contributed by atoms with Gasteiger partial charge in [-0.2, -0.15) is 0 Å². The van der Waals surface area contributed by atoms with E-state index in [0.29, 0.717) is 6.61 Å². The van der Waals surface area contributed by atoms with Gasteiger partial charge in [-0.1, -0.05) is 12.8 Å². The number of hydrogen-bond donors (Lipinski definition) is 0. The first-order valence-electron chi connectivity index (χ1n) is 5.58. The van der Waals surface area contributed by atoms with Crippen LogP contribution in [0, 0.1) is 5.41 Å². The lowest BCUT2D eigenvalue weighted by Crippen LogP contribution is -2.42. The Hall–Kier alpha value is -0.570. The van der Waals surface area contributed by atoms with E-state index in [1.165, 1.54) is 6.42 Å². The van der Waals surface area contributed by atoms with E-state index in [9.17, 15) is 4.79 Å². The van der Waals surface area contributed by atoms with Crippen LogP contribution < -0.4 is 0 Å². The molecule has 3 heteroatoms. The molecule has 0 unspecified atom stereocenters. The summed E-state index contributed by atoms with van der Waals surface area (Å²) in [5.74, 6) is -0.0257. The average Bonchev–Trinajstić information content (AvgIpc) is 2.62. The molecule has 2 fully saturated rings. The van der Waals surface area contributed by atoms with Gasteiger partial charge in [0.15, 0.2) is 0 Å². The van der Waals surface area contributed by atoms with Gasteiger partial charge in [0.05, 0.1) is 18.1 Å². The smallest absolute Gasteiger partial charge is 0.314 e. The highest BCUT2D eigenvalue weighted by atomic mass is 16.5. The molecule has 0 aromatic heterocycles. The fourth-order valence-electron chi connectivity index (χ4n) is 2.73. The third-order valence-corrected chi connectivity index (χ3v) is 3.50. The predicted molar refractivity (Wildman–Crippen MR) is 51.9 cm³/mol. The van der Waals surface area contributed by atoms with Crippen molar-refractivity contribution in [1.29, 1.82) is 0 Å². The zero-order valence-electron chi connectivity index (χ0n) is 8.75. The second-order valence-corrected chi connectivity index (χ2v) is 4.23. The predicted octanol–water partition coefficient (Wildman–Crippen LogP) is 1.90. The Morgan fingerprint density at radius 3 is 3.14 bits per heavy atom. The van der Waals surface area contributed by atoms with E-state index in [1.54, 1.807) is 0 Å². The Labute approximate surface area is 84.8 Å². The number of esters is 1. The van der Waals surface area contributed by atoms with Gasteiger partial charge in [-0.05, 0) is 26.2 Å². The Morgan fingerprint density at radius 2 is 2.36 bits per heavy atom. The minimum atomic E-state index is -0.283. The van der Waals surface area contributed by atoms with E-state index < -0.39 is 0 Å². The Bertz CT molecular complexity index is 227. The van der Waals surface area contributed by atoms with Crippen LogP contribution in [0.3, 0.4) is 0 Å².